The van der Waals surface area contributed by atoms with Crippen LogP contribution in [0.3, 0.4) is 0 Å². The fourth-order valence-corrected chi connectivity index (χ4v) is 2.95. The van der Waals surface area contributed by atoms with Crippen molar-refractivity contribution < 1.29 is 9.53 Å². The number of amides is 1. The Kier molecular flexibility index (Phi) is 7.26. The van der Waals surface area contributed by atoms with Gasteiger partial charge in [-0.1, -0.05) is 66.2 Å². The van der Waals surface area contributed by atoms with E-state index in [2.05, 4.69) is 5.32 Å². The van der Waals surface area contributed by atoms with Crippen molar-refractivity contribution in [3.05, 3.63) is 106 Å². The van der Waals surface area contributed by atoms with Crippen LogP contribution < -0.4 is 10.1 Å². The molecule has 0 aliphatic carbocycles. The lowest BCUT2D eigenvalue weighted by molar-refractivity contribution is -0.117. The minimum atomic E-state index is -0.406. The van der Waals surface area contributed by atoms with E-state index in [4.69, 9.17) is 16.3 Å². The zero-order valence-corrected chi connectivity index (χ0v) is 17.3. The minimum absolute atomic E-state index is 0.0487. The maximum Gasteiger partial charge on any atom is 0.262 e. The molecule has 0 unspecified atom stereocenters. The number of hydrogen-bond acceptors (Lipinski definition) is 3. The van der Waals surface area contributed by atoms with Gasteiger partial charge in [0.2, 0.25) is 0 Å². The number of hydrogen-bond donors (Lipinski definition) is 1. The Balaban J connectivity index is 1.61. The van der Waals surface area contributed by atoms with Gasteiger partial charge in [0, 0.05) is 5.02 Å². The van der Waals surface area contributed by atoms with E-state index in [0.717, 1.165) is 16.7 Å². The maximum atomic E-state index is 12.5. The van der Waals surface area contributed by atoms with Gasteiger partial charge in [-0.25, -0.2) is 0 Å². The van der Waals surface area contributed by atoms with E-state index in [9.17, 15) is 10.1 Å². The van der Waals surface area contributed by atoms with Gasteiger partial charge in [0.05, 0.1) is 6.04 Å². The summed E-state index contributed by atoms with van der Waals surface area (Å²) in [5.74, 6) is 0.291. The van der Waals surface area contributed by atoms with Gasteiger partial charge in [-0.2, -0.15) is 5.26 Å². The number of carbonyl (C=O) groups is 1. The van der Waals surface area contributed by atoms with E-state index in [-0.39, 0.29) is 11.6 Å². The molecule has 0 radical (unpaired) electrons. The molecule has 0 saturated heterocycles. The third kappa shape index (κ3) is 5.97. The summed E-state index contributed by atoms with van der Waals surface area (Å²) >= 11 is 5.88. The van der Waals surface area contributed by atoms with Gasteiger partial charge < -0.3 is 10.1 Å². The second kappa shape index (κ2) is 10.3. The lowest BCUT2D eigenvalue weighted by Gasteiger charge is -2.13. The van der Waals surface area contributed by atoms with Crippen LogP contribution in [-0.4, -0.2) is 5.91 Å². The first-order chi connectivity index (χ1) is 14.5. The highest BCUT2D eigenvalue weighted by Gasteiger charge is 2.13. The Morgan fingerprint density at radius 2 is 1.73 bits per heavy atom. The molecule has 1 N–H and O–H groups in total. The molecular formula is C25H21ClN2O2. The van der Waals surface area contributed by atoms with E-state index in [0.29, 0.717) is 17.4 Å². The van der Waals surface area contributed by atoms with E-state index >= 15 is 0 Å². The summed E-state index contributed by atoms with van der Waals surface area (Å²) in [7, 11) is 0. The first-order valence-corrected chi connectivity index (χ1v) is 9.88. The van der Waals surface area contributed by atoms with Crippen molar-refractivity contribution >= 4 is 23.6 Å². The minimum Gasteiger partial charge on any atom is -0.489 e. The number of halogens is 1. The number of rotatable bonds is 7. The highest BCUT2D eigenvalue weighted by Crippen LogP contribution is 2.18. The lowest BCUT2D eigenvalue weighted by atomic mass is 10.1. The van der Waals surface area contributed by atoms with Gasteiger partial charge in [0.15, 0.2) is 0 Å². The third-order valence-electron chi connectivity index (χ3n) is 4.52. The molecule has 0 spiro atoms. The molecule has 3 aromatic rings. The van der Waals surface area contributed by atoms with Crippen LogP contribution in [0.2, 0.25) is 5.02 Å². The van der Waals surface area contributed by atoms with E-state index in [1.165, 1.54) is 0 Å². The van der Waals surface area contributed by atoms with Crippen molar-refractivity contribution in [2.24, 2.45) is 0 Å². The molecular weight excluding hydrogens is 396 g/mol. The number of nitrogens with zero attached hydrogens (tertiary/aromatic N) is 1. The van der Waals surface area contributed by atoms with Crippen LogP contribution in [0, 0.1) is 11.3 Å². The quantitative estimate of drug-likeness (QED) is 0.396. The van der Waals surface area contributed by atoms with Crippen molar-refractivity contribution in [3.8, 4) is 11.8 Å². The van der Waals surface area contributed by atoms with Crippen molar-refractivity contribution in [1.82, 2.24) is 5.32 Å². The van der Waals surface area contributed by atoms with E-state index in [1.807, 2.05) is 79.7 Å². The van der Waals surface area contributed by atoms with Crippen LogP contribution in [-0.2, 0) is 11.4 Å². The Hall–Kier alpha value is -3.55. The second-order valence-electron chi connectivity index (χ2n) is 6.76. The maximum absolute atomic E-state index is 12.5. The largest absolute Gasteiger partial charge is 0.489 e. The average molecular weight is 417 g/mol. The second-order valence-corrected chi connectivity index (χ2v) is 7.20. The zero-order chi connectivity index (χ0) is 21.3. The van der Waals surface area contributed by atoms with Gasteiger partial charge >= 0.3 is 0 Å². The lowest BCUT2D eigenvalue weighted by Crippen LogP contribution is -2.27. The van der Waals surface area contributed by atoms with Gasteiger partial charge in [-0.3, -0.25) is 4.79 Å². The molecule has 3 aromatic carbocycles. The van der Waals surface area contributed by atoms with Crippen LogP contribution in [0.4, 0.5) is 0 Å². The number of ether oxygens (including phenoxy) is 1. The Morgan fingerprint density at radius 3 is 2.37 bits per heavy atom. The molecule has 1 amide bonds. The average Bonchev–Trinajstić information content (AvgIpc) is 2.78. The van der Waals surface area contributed by atoms with Gasteiger partial charge in [-0.15, -0.1) is 0 Å². The highest BCUT2D eigenvalue weighted by molar-refractivity contribution is 6.30. The molecule has 0 heterocycles. The normalized spacial score (nSPS) is 12.0. The third-order valence-corrected chi connectivity index (χ3v) is 4.77. The zero-order valence-electron chi connectivity index (χ0n) is 16.5. The smallest absolute Gasteiger partial charge is 0.262 e. The van der Waals surface area contributed by atoms with Crippen LogP contribution in [0.1, 0.15) is 29.7 Å². The molecule has 30 heavy (non-hydrogen) atoms. The number of nitriles is 1. The summed E-state index contributed by atoms with van der Waals surface area (Å²) in [4.78, 5) is 12.5. The Morgan fingerprint density at radius 1 is 1.07 bits per heavy atom. The summed E-state index contributed by atoms with van der Waals surface area (Å²) in [6, 6.07) is 26.1. The molecule has 1 atom stereocenters. The SMILES string of the molecule is C[C@H](NC(=O)/C(C#N)=C\c1ccc(OCc2ccc(Cl)cc2)cc1)c1ccccc1. The molecule has 4 nitrogen and oxygen atoms in total. The van der Waals surface area contributed by atoms with Crippen molar-refractivity contribution in [2.75, 3.05) is 0 Å². The number of benzene rings is 3. The predicted octanol–water partition coefficient (Wildman–Crippen LogP) is 5.70. The van der Waals surface area contributed by atoms with Crippen molar-refractivity contribution in [1.29, 1.82) is 5.26 Å². The summed E-state index contributed by atoms with van der Waals surface area (Å²) in [5.41, 5.74) is 2.78. The van der Waals surface area contributed by atoms with Crippen LogP contribution >= 0.6 is 11.6 Å². The number of carbonyl (C=O) groups excluding carboxylic acids is 1. The molecule has 0 fully saturated rings. The molecule has 0 bridgehead atoms. The van der Waals surface area contributed by atoms with Crippen molar-refractivity contribution in [2.45, 2.75) is 19.6 Å². The number of nitrogens with one attached hydrogen (secondary N) is 1. The predicted molar refractivity (Wildman–Crippen MR) is 119 cm³/mol. The standard InChI is InChI=1S/C25H21ClN2O2/c1-18(21-5-3-2-4-6-21)28-25(29)22(16-27)15-19-9-13-24(14-10-19)30-17-20-7-11-23(26)12-8-20/h2-15,18H,17H2,1H3,(H,28,29)/b22-15-/t18-/m0/s1. The molecule has 0 aliphatic rings. The summed E-state index contributed by atoms with van der Waals surface area (Å²) < 4.78 is 5.76. The molecule has 0 saturated carbocycles. The Bertz CT molecular complexity index is 1050. The van der Waals surface area contributed by atoms with Crippen molar-refractivity contribution in [3.63, 3.8) is 0 Å². The summed E-state index contributed by atoms with van der Waals surface area (Å²) in [6.07, 6.45) is 1.57. The first kappa shape index (κ1) is 21.2. The fourth-order valence-electron chi connectivity index (χ4n) is 2.82. The first-order valence-electron chi connectivity index (χ1n) is 9.50. The summed E-state index contributed by atoms with van der Waals surface area (Å²) in [6.45, 7) is 2.31. The highest BCUT2D eigenvalue weighted by atomic mass is 35.5. The molecule has 3 rings (SSSR count). The van der Waals surface area contributed by atoms with Crippen LogP contribution in [0.25, 0.3) is 6.08 Å². The van der Waals surface area contributed by atoms with Gasteiger partial charge in [0.1, 0.15) is 24.0 Å². The molecule has 0 aromatic heterocycles. The van der Waals surface area contributed by atoms with Crippen LogP contribution in [0.5, 0.6) is 5.75 Å². The van der Waals surface area contributed by atoms with Gasteiger partial charge in [-0.05, 0) is 54.0 Å². The van der Waals surface area contributed by atoms with Gasteiger partial charge in [0.25, 0.3) is 5.91 Å². The Labute approximate surface area is 181 Å². The van der Waals surface area contributed by atoms with Crippen LogP contribution in [0.15, 0.2) is 84.4 Å². The summed E-state index contributed by atoms with van der Waals surface area (Å²) in [5, 5.41) is 13.0. The molecule has 0 aliphatic heterocycles. The monoisotopic (exact) mass is 416 g/mol. The van der Waals surface area contributed by atoms with E-state index < -0.39 is 5.91 Å². The molecule has 150 valence electrons. The van der Waals surface area contributed by atoms with E-state index in [1.54, 1.807) is 18.2 Å². The fraction of sp³-hybridized carbons (Fsp3) is 0.120. The topological polar surface area (TPSA) is 62.1 Å². The molecule has 5 heteroatoms.